The van der Waals surface area contributed by atoms with Gasteiger partial charge in [-0.05, 0) is 0 Å². The van der Waals surface area contributed by atoms with Crippen LogP contribution in [0.15, 0.2) is 12.2 Å². The van der Waals surface area contributed by atoms with Crippen LogP contribution in [0.5, 0.6) is 0 Å². The van der Waals surface area contributed by atoms with Gasteiger partial charge < -0.3 is 5.11 Å². The van der Waals surface area contributed by atoms with Crippen molar-refractivity contribution in [3.05, 3.63) is 12.2 Å². The third-order valence-corrected chi connectivity index (χ3v) is 2.77. The van der Waals surface area contributed by atoms with E-state index in [1.807, 2.05) is 0 Å². The smallest absolute Gasteiger partial charge is 0.385 e. The molecule has 0 aliphatic carbocycles. The van der Waals surface area contributed by atoms with E-state index in [9.17, 15) is 57.5 Å². The van der Waals surface area contributed by atoms with Crippen LogP contribution >= 0.6 is 0 Å². The van der Waals surface area contributed by atoms with E-state index >= 15 is 0 Å². The standard InChI is InChI=1S/C10H6F12O2/c1-3(4(23)24)6(13,14)8(17,18)10(21,22)9(19,20)7(15,16)5(2,11)12/h1H2,2H3,(H,23,24). The molecule has 0 amide bonds. The van der Waals surface area contributed by atoms with Gasteiger partial charge in [0.15, 0.2) is 0 Å². The van der Waals surface area contributed by atoms with E-state index < -0.39 is 54.0 Å². The zero-order valence-electron chi connectivity index (χ0n) is 11.1. The molecule has 0 aromatic rings. The van der Waals surface area contributed by atoms with Crippen LogP contribution in [0.2, 0.25) is 0 Å². The van der Waals surface area contributed by atoms with Crippen molar-refractivity contribution in [2.45, 2.75) is 42.5 Å². The van der Waals surface area contributed by atoms with Crippen LogP contribution < -0.4 is 0 Å². The number of carbonyl (C=O) groups is 1. The van der Waals surface area contributed by atoms with Crippen molar-refractivity contribution in [2.24, 2.45) is 0 Å². The first-order valence-electron chi connectivity index (χ1n) is 5.30. The average molecular weight is 386 g/mol. The Morgan fingerprint density at radius 3 is 1.25 bits per heavy atom. The van der Waals surface area contributed by atoms with Gasteiger partial charge in [-0.2, -0.15) is 52.7 Å². The van der Waals surface area contributed by atoms with Crippen LogP contribution in [0.25, 0.3) is 0 Å². The molecule has 2 nitrogen and oxygen atoms in total. The van der Waals surface area contributed by atoms with Gasteiger partial charge in [-0.15, -0.1) is 0 Å². The predicted octanol–water partition coefficient (Wildman–Crippen LogP) is 4.46. The van der Waals surface area contributed by atoms with Crippen molar-refractivity contribution in [1.82, 2.24) is 0 Å². The molecule has 0 aliphatic heterocycles. The molecule has 24 heavy (non-hydrogen) atoms. The molecule has 0 aromatic carbocycles. The first-order chi connectivity index (χ1) is 10.1. The van der Waals surface area contributed by atoms with Gasteiger partial charge >= 0.3 is 41.5 Å². The SMILES string of the molecule is C=C(C(=O)O)C(F)(F)C(F)(F)C(F)(F)C(F)(F)C(F)(F)C(C)(F)F. The first kappa shape index (κ1) is 22.4. The van der Waals surface area contributed by atoms with Gasteiger partial charge in [0.25, 0.3) is 0 Å². The number of carboxylic acids is 1. The van der Waals surface area contributed by atoms with E-state index in [-0.39, 0.29) is 0 Å². The minimum absolute atomic E-state index is 1.04. The molecule has 0 bridgehead atoms. The molecule has 142 valence electrons. The fourth-order valence-corrected chi connectivity index (χ4v) is 1.19. The lowest BCUT2D eigenvalue weighted by Gasteiger charge is -2.40. The van der Waals surface area contributed by atoms with Gasteiger partial charge in [0, 0.05) is 6.92 Å². The minimum Gasteiger partial charge on any atom is -0.478 e. The normalized spacial score (nSPS) is 15.4. The summed E-state index contributed by atoms with van der Waals surface area (Å²) in [5.74, 6) is -45.9. The predicted molar refractivity (Wildman–Crippen MR) is 52.1 cm³/mol. The molecule has 0 aromatic heterocycles. The van der Waals surface area contributed by atoms with Crippen LogP contribution in [-0.4, -0.2) is 46.6 Å². The Morgan fingerprint density at radius 1 is 0.708 bits per heavy atom. The van der Waals surface area contributed by atoms with Crippen molar-refractivity contribution < 1.29 is 62.6 Å². The van der Waals surface area contributed by atoms with Gasteiger partial charge in [-0.25, -0.2) is 4.79 Å². The van der Waals surface area contributed by atoms with Crippen LogP contribution in [0.3, 0.4) is 0 Å². The van der Waals surface area contributed by atoms with E-state index in [0.717, 1.165) is 0 Å². The van der Waals surface area contributed by atoms with Gasteiger partial charge in [0.1, 0.15) is 5.57 Å². The highest BCUT2D eigenvalue weighted by Crippen LogP contribution is 2.60. The molecule has 0 saturated carbocycles. The maximum absolute atomic E-state index is 13.1. The number of hydrogen-bond donors (Lipinski definition) is 1. The molecular weight excluding hydrogens is 380 g/mol. The van der Waals surface area contributed by atoms with E-state index in [0.29, 0.717) is 0 Å². The Kier molecular flexibility index (Phi) is 5.07. The summed E-state index contributed by atoms with van der Waals surface area (Å²) < 4.78 is 155. The summed E-state index contributed by atoms with van der Waals surface area (Å²) in [4.78, 5) is 10.1. The van der Waals surface area contributed by atoms with Crippen LogP contribution in [0, 0.1) is 0 Å². The molecule has 14 heteroatoms. The molecule has 0 spiro atoms. The fourth-order valence-electron chi connectivity index (χ4n) is 1.19. The van der Waals surface area contributed by atoms with Crippen molar-refractivity contribution in [1.29, 1.82) is 0 Å². The Morgan fingerprint density at radius 2 is 1.00 bits per heavy atom. The number of carboxylic acid groups (broad SMARTS) is 1. The van der Waals surface area contributed by atoms with E-state index in [4.69, 9.17) is 5.11 Å². The van der Waals surface area contributed by atoms with Gasteiger partial charge in [-0.3, -0.25) is 0 Å². The lowest BCUT2D eigenvalue weighted by Crippen LogP contribution is -2.70. The van der Waals surface area contributed by atoms with E-state index in [1.165, 1.54) is 0 Å². The Labute approximate surface area is 124 Å². The summed E-state index contributed by atoms with van der Waals surface area (Å²) in [5, 5.41) is 8.03. The monoisotopic (exact) mass is 386 g/mol. The minimum atomic E-state index is -7.79. The number of hydrogen-bond acceptors (Lipinski definition) is 1. The van der Waals surface area contributed by atoms with Crippen LogP contribution in [0.1, 0.15) is 6.92 Å². The summed E-state index contributed by atoms with van der Waals surface area (Å²) in [6, 6.07) is 0. The van der Waals surface area contributed by atoms with Gasteiger partial charge in [0.05, 0.1) is 0 Å². The van der Waals surface area contributed by atoms with Crippen molar-refractivity contribution in [2.75, 3.05) is 0 Å². The molecule has 0 rings (SSSR count). The topological polar surface area (TPSA) is 37.3 Å². The van der Waals surface area contributed by atoms with Crippen molar-refractivity contribution in [3.8, 4) is 0 Å². The number of aliphatic carboxylic acids is 1. The number of rotatable bonds is 7. The molecule has 0 aliphatic rings. The third-order valence-electron chi connectivity index (χ3n) is 2.77. The summed E-state index contributed by atoms with van der Waals surface area (Å²) in [6.45, 7) is 0.717. The lowest BCUT2D eigenvalue weighted by molar-refractivity contribution is -0.419. The van der Waals surface area contributed by atoms with Crippen molar-refractivity contribution in [3.63, 3.8) is 0 Å². The first-order valence-corrected chi connectivity index (χ1v) is 5.30. The lowest BCUT2D eigenvalue weighted by atomic mass is 9.89. The fraction of sp³-hybridized carbons (Fsp3) is 0.700. The van der Waals surface area contributed by atoms with E-state index in [1.54, 1.807) is 6.58 Å². The Balaban J connectivity index is 6.41. The quantitative estimate of drug-likeness (QED) is 0.518. The highest BCUT2D eigenvalue weighted by atomic mass is 19.4. The molecule has 1 N–H and O–H groups in total. The third kappa shape index (κ3) is 2.68. The second kappa shape index (κ2) is 5.44. The second-order valence-corrected chi connectivity index (χ2v) is 4.54. The molecule has 0 fully saturated rings. The number of halogens is 12. The molecule has 0 saturated heterocycles. The summed E-state index contributed by atoms with van der Waals surface area (Å²) >= 11 is 0. The molecule has 0 unspecified atom stereocenters. The molecular formula is C10H6F12O2. The second-order valence-electron chi connectivity index (χ2n) is 4.54. The van der Waals surface area contributed by atoms with E-state index in [2.05, 4.69) is 0 Å². The molecule has 0 radical (unpaired) electrons. The van der Waals surface area contributed by atoms with Gasteiger partial charge in [0.2, 0.25) is 0 Å². The Bertz CT molecular complexity index is 530. The van der Waals surface area contributed by atoms with Crippen LogP contribution in [-0.2, 0) is 4.79 Å². The maximum Gasteiger partial charge on any atom is 0.385 e. The largest absolute Gasteiger partial charge is 0.478 e. The zero-order valence-corrected chi connectivity index (χ0v) is 11.1. The van der Waals surface area contributed by atoms with Gasteiger partial charge in [-0.1, -0.05) is 6.58 Å². The highest BCUT2D eigenvalue weighted by Gasteiger charge is 2.89. The Hall–Kier alpha value is -1.63. The maximum atomic E-state index is 13.1. The summed E-state index contributed by atoms with van der Waals surface area (Å²) in [7, 11) is 0. The zero-order chi connectivity index (χ0) is 20.2. The number of alkyl halides is 12. The average Bonchev–Trinajstić information content (AvgIpc) is 2.35. The summed E-state index contributed by atoms with van der Waals surface area (Å²) in [5.41, 5.74) is -3.05. The van der Waals surface area contributed by atoms with Crippen LogP contribution in [0.4, 0.5) is 52.7 Å². The molecule has 0 heterocycles. The van der Waals surface area contributed by atoms with Crippen molar-refractivity contribution >= 4 is 5.97 Å². The molecule has 0 atom stereocenters. The summed E-state index contributed by atoms with van der Waals surface area (Å²) in [6.07, 6.45) is 0. The highest BCUT2D eigenvalue weighted by molar-refractivity contribution is 5.88.